The maximum Gasteiger partial charge on any atom is 0.306 e. The van der Waals surface area contributed by atoms with Crippen molar-refractivity contribution >= 4 is 5.97 Å². The number of epoxide rings is 1. The van der Waals surface area contributed by atoms with Crippen LogP contribution in [0.1, 0.15) is 53.4 Å². The largest absolute Gasteiger partial charge is 0.457 e. The van der Waals surface area contributed by atoms with Gasteiger partial charge < -0.3 is 19.3 Å². The Morgan fingerprint density at radius 2 is 2.17 bits per heavy atom. The number of hydrogen-bond donors (Lipinski definition) is 1. The summed E-state index contributed by atoms with van der Waals surface area (Å²) in [7, 11) is 0. The van der Waals surface area contributed by atoms with Gasteiger partial charge in [0.1, 0.15) is 17.8 Å². The molecular formula is C19H28O5. The lowest BCUT2D eigenvalue weighted by atomic mass is 9.52. The van der Waals surface area contributed by atoms with Gasteiger partial charge in [-0.1, -0.05) is 32.4 Å². The molecule has 2 aliphatic heterocycles. The van der Waals surface area contributed by atoms with Gasteiger partial charge in [0.05, 0.1) is 12.7 Å². The van der Waals surface area contributed by atoms with Gasteiger partial charge >= 0.3 is 5.97 Å². The predicted molar refractivity (Wildman–Crippen MR) is 87.3 cm³/mol. The zero-order valence-corrected chi connectivity index (χ0v) is 15.0. The van der Waals surface area contributed by atoms with Gasteiger partial charge in [0.2, 0.25) is 0 Å². The molecule has 2 bridgehead atoms. The number of allylic oxidation sites excluding steroid dienone is 1. The van der Waals surface area contributed by atoms with Gasteiger partial charge in [-0.3, -0.25) is 4.79 Å². The van der Waals surface area contributed by atoms with Gasteiger partial charge in [0.25, 0.3) is 0 Å². The first kappa shape index (κ1) is 16.6. The molecule has 7 atom stereocenters. The highest BCUT2D eigenvalue weighted by atomic mass is 16.7. The molecule has 0 aromatic carbocycles. The van der Waals surface area contributed by atoms with Crippen LogP contribution < -0.4 is 0 Å². The van der Waals surface area contributed by atoms with E-state index in [1.807, 2.05) is 6.92 Å². The molecule has 134 valence electrons. The highest BCUT2D eigenvalue weighted by molar-refractivity contribution is 5.69. The van der Waals surface area contributed by atoms with Crippen LogP contribution in [0.3, 0.4) is 0 Å². The minimum Gasteiger partial charge on any atom is -0.457 e. The second kappa shape index (κ2) is 5.05. The fraction of sp³-hybridized carbons (Fsp3) is 0.842. The second-order valence-corrected chi connectivity index (χ2v) is 8.44. The molecule has 1 N–H and O–H groups in total. The van der Waals surface area contributed by atoms with E-state index in [1.54, 1.807) is 0 Å². The standard InChI is InChI=1S/C19H28O5/c1-5-6-13(20)24-14-15(21)18(4)17(3)8-7-11(2)9-12(17)23-16(14)19(18)10-22-19/h9,12,14-16,21H,5-8,10H2,1-4H3/t12-,14-,15-,16-,17+,18-,19+/m1/s1. The van der Waals surface area contributed by atoms with E-state index in [0.29, 0.717) is 13.0 Å². The zero-order chi connectivity index (χ0) is 17.3. The molecule has 1 saturated carbocycles. The molecule has 5 heteroatoms. The molecule has 2 saturated heterocycles. The molecule has 2 aliphatic carbocycles. The molecule has 0 unspecified atom stereocenters. The predicted octanol–water partition coefficient (Wildman–Crippen LogP) is 2.36. The Kier molecular flexibility index (Phi) is 3.49. The van der Waals surface area contributed by atoms with Crippen molar-refractivity contribution in [3.63, 3.8) is 0 Å². The van der Waals surface area contributed by atoms with E-state index in [-0.39, 0.29) is 17.5 Å². The maximum atomic E-state index is 12.1. The zero-order valence-electron chi connectivity index (χ0n) is 15.0. The highest BCUT2D eigenvalue weighted by Crippen LogP contribution is 2.71. The summed E-state index contributed by atoms with van der Waals surface area (Å²) in [5.74, 6) is -0.267. The Labute approximate surface area is 143 Å². The minimum absolute atomic E-state index is 0.0689. The van der Waals surface area contributed by atoms with E-state index < -0.39 is 29.3 Å². The van der Waals surface area contributed by atoms with Gasteiger partial charge in [0.15, 0.2) is 6.10 Å². The smallest absolute Gasteiger partial charge is 0.306 e. The van der Waals surface area contributed by atoms with Crippen LogP contribution in [-0.4, -0.2) is 47.7 Å². The van der Waals surface area contributed by atoms with Crippen LogP contribution in [0.25, 0.3) is 0 Å². The molecule has 5 nitrogen and oxygen atoms in total. The monoisotopic (exact) mass is 336 g/mol. The van der Waals surface area contributed by atoms with Crippen LogP contribution in [0.15, 0.2) is 11.6 Å². The van der Waals surface area contributed by atoms with Crippen molar-refractivity contribution in [1.82, 2.24) is 0 Å². The molecule has 2 heterocycles. The normalized spacial score (nSPS) is 52.0. The molecule has 3 fully saturated rings. The minimum atomic E-state index is -0.771. The van der Waals surface area contributed by atoms with E-state index in [0.717, 1.165) is 19.3 Å². The lowest BCUT2D eigenvalue weighted by Gasteiger charge is -2.56. The van der Waals surface area contributed by atoms with E-state index in [1.165, 1.54) is 5.57 Å². The number of carbonyl (C=O) groups excluding carboxylic acids is 1. The number of fused-ring (bicyclic) bond motifs is 2. The van der Waals surface area contributed by atoms with Crippen LogP contribution >= 0.6 is 0 Å². The van der Waals surface area contributed by atoms with Gasteiger partial charge in [-0.25, -0.2) is 0 Å². The third-order valence-corrected chi connectivity index (χ3v) is 7.30. The van der Waals surface area contributed by atoms with E-state index in [9.17, 15) is 9.90 Å². The van der Waals surface area contributed by atoms with Crippen molar-refractivity contribution in [2.24, 2.45) is 10.8 Å². The Morgan fingerprint density at radius 3 is 2.79 bits per heavy atom. The van der Waals surface area contributed by atoms with Crippen LogP contribution in [0.5, 0.6) is 0 Å². The quantitative estimate of drug-likeness (QED) is 0.487. The molecule has 0 amide bonds. The summed E-state index contributed by atoms with van der Waals surface area (Å²) >= 11 is 0. The summed E-state index contributed by atoms with van der Waals surface area (Å²) in [5.41, 5.74) is 0.0860. The van der Waals surface area contributed by atoms with Gasteiger partial charge in [-0.2, -0.15) is 0 Å². The fourth-order valence-electron chi connectivity index (χ4n) is 5.42. The first-order valence-corrected chi connectivity index (χ1v) is 9.14. The first-order valence-electron chi connectivity index (χ1n) is 9.14. The lowest BCUT2D eigenvalue weighted by Crippen LogP contribution is -2.63. The van der Waals surface area contributed by atoms with Crippen LogP contribution in [0.2, 0.25) is 0 Å². The second-order valence-electron chi connectivity index (χ2n) is 8.44. The highest BCUT2D eigenvalue weighted by Gasteiger charge is 2.84. The summed E-state index contributed by atoms with van der Waals surface area (Å²) in [6.45, 7) is 8.94. The summed E-state index contributed by atoms with van der Waals surface area (Å²) < 4.78 is 18.0. The summed E-state index contributed by atoms with van der Waals surface area (Å²) in [6, 6.07) is 0. The van der Waals surface area contributed by atoms with E-state index >= 15 is 0 Å². The number of esters is 1. The summed E-state index contributed by atoms with van der Waals surface area (Å²) in [6.07, 6.45) is 3.35. The van der Waals surface area contributed by atoms with Crippen molar-refractivity contribution in [1.29, 1.82) is 0 Å². The molecule has 4 rings (SSSR count). The Morgan fingerprint density at radius 1 is 1.46 bits per heavy atom. The summed E-state index contributed by atoms with van der Waals surface area (Å²) in [5, 5.41) is 11.2. The van der Waals surface area contributed by atoms with Gasteiger partial charge in [-0.15, -0.1) is 0 Å². The molecule has 0 aromatic rings. The molecule has 24 heavy (non-hydrogen) atoms. The number of aliphatic hydroxyl groups is 1. The number of hydrogen-bond acceptors (Lipinski definition) is 5. The number of rotatable bonds is 3. The van der Waals surface area contributed by atoms with E-state index in [4.69, 9.17) is 14.2 Å². The van der Waals surface area contributed by atoms with E-state index in [2.05, 4.69) is 26.8 Å². The Balaban J connectivity index is 1.74. The Bertz CT molecular complexity index is 595. The Hall–Kier alpha value is -0.910. The molecule has 0 radical (unpaired) electrons. The number of aliphatic hydroxyl groups excluding tert-OH is 1. The average Bonchev–Trinajstić information content (AvgIpc) is 3.31. The SMILES string of the molecule is CCCC(=O)O[C@@H]1[C@@H](O)[C@]2(C)[C@@]3(C)CCC(C)=C[C@H]3O[C@H]1[C@@]21CO1. The number of carbonyl (C=O) groups is 1. The topological polar surface area (TPSA) is 68.3 Å². The maximum absolute atomic E-state index is 12.1. The van der Waals surface area contributed by atoms with Crippen LogP contribution in [-0.2, 0) is 19.0 Å². The van der Waals surface area contributed by atoms with Crippen LogP contribution in [0, 0.1) is 10.8 Å². The molecule has 1 spiro atoms. The third-order valence-electron chi connectivity index (χ3n) is 7.30. The van der Waals surface area contributed by atoms with Crippen molar-refractivity contribution in [2.45, 2.75) is 83.4 Å². The van der Waals surface area contributed by atoms with Crippen molar-refractivity contribution in [2.75, 3.05) is 6.61 Å². The van der Waals surface area contributed by atoms with Gasteiger partial charge in [-0.05, 0) is 26.2 Å². The molecule has 4 aliphatic rings. The van der Waals surface area contributed by atoms with Crippen molar-refractivity contribution in [3.8, 4) is 0 Å². The van der Waals surface area contributed by atoms with Crippen LogP contribution in [0.4, 0.5) is 0 Å². The third kappa shape index (κ3) is 1.78. The van der Waals surface area contributed by atoms with Gasteiger partial charge in [0, 0.05) is 17.3 Å². The average molecular weight is 336 g/mol. The lowest BCUT2D eigenvalue weighted by molar-refractivity contribution is -0.207. The first-order chi connectivity index (χ1) is 11.3. The number of ether oxygens (including phenoxy) is 3. The fourth-order valence-corrected chi connectivity index (χ4v) is 5.42. The molecule has 0 aromatic heterocycles. The summed E-state index contributed by atoms with van der Waals surface area (Å²) in [4.78, 5) is 12.1. The van der Waals surface area contributed by atoms with Crippen molar-refractivity contribution in [3.05, 3.63) is 11.6 Å². The molecular weight excluding hydrogens is 308 g/mol. The van der Waals surface area contributed by atoms with Crippen molar-refractivity contribution < 1.29 is 24.1 Å².